The first-order valence-corrected chi connectivity index (χ1v) is 12.1. The van der Waals surface area contributed by atoms with Gasteiger partial charge in [0.05, 0.1) is 18.8 Å². The van der Waals surface area contributed by atoms with Gasteiger partial charge in [0.25, 0.3) is 5.91 Å². The van der Waals surface area contributed by atoms with E-state index < -0.39 is 5.54 Å². The van der Waals surface area contributed by atoms with E-state index >= 15 is 0 Å². The molecule has 6 nitrogen and oxygen atoms in total. The van der Waals surface area contributed by atoms with E-state index in [9.17, 15) is 9.59 Å². The van der Waals surface area contributed by atoms with Crippen LogP contribution in [0.15, 0.2) is 48.5 Å². The molecule has 3 saturated heterocycles. The summed E-state index contributed by atoms with van der Waals surface area (Å²) in [6.07, 6.45) is 3.37. The van der Waals surface area contributed by atoms with Gasteiger partial charge in [-0.05, 0) is 43.0 Å². The maximum Gasteiger partial charge on any atom is 0.254 e. The van der Waals surface area contributed by atoms with Crippen LogP contribution in [0, 0.1) is 6.92 Å². The summed E-state index contributed by atoms with van der Waals surface area (Å²) in [6, 6.07) is 16.4. The fraction of sp³-hybridized carbons (Fsp3) is 0.481. The Morgan fingerprint density at radius 2 is 1.85 bits per heavy atom. The summed E-state index contributed by atoms with van der Waals surface area (Å²) in [5, 5.41) is 3.36. The Hall–Kier alpha value is -2.86. The minimum absolute atomic E-state index is 0.0545. The summed E-state index contributed by atoms with van der Waals surface area (Å²) in [7, 11) is 0. The third-order valence-corrected chi connectivity index (χ3v) is 7.58. The molecule has 3 heterocycles. The first-order chi connectivity index (χ1) is 16.1. The van der Waals surface area contributed by atoms with Crippen molar-refractivity contribution in [2.45, 2.75) is 44.1 Å². The van der Waals surface area contributed by atoms with Crippen LogP contribution in [0.5, 0.6) is 0 Å². The highest BCUT2D eigenvalue weighted by Gasteiger charge is 2.50. The molecule has 1 spiro atoms. The Bertz CT molecular complexity index is 1020. The molecule has 0 aromatic heterocycles. The van der Waals surface area contributed by atoms with Gasteiger partial charge in [0.1, 0.15) is 0 Å². The highest BCUT2D eigenvalue weighted by atomic mass is 16.5. The fourth-order valence-electron chi connectivity index (χ4n) is 5.86. The number of nitrogens with zero attached hydrogens (tertiary/aromatic N) is 2. The topological polar surface area (TPSA) is 61.9 Å². The molecule has 0 unspecified atom stereocenters. The van der Waals surface area contributed by atoms with Gasteiger partial charge in [0, 0.05) is 49.8 Å². The van der Waals surface area contributed by atoms with E-state index in [1.165, 1.54) is 5.56 Å². The van der Waals surface area contributed by atoms with Crippen molar-refractivity contribution in [3.63, 3.8) is 0 Å². The van der Waals surface area contributed by atoms with Gasteiger partial charge in [-0.2, -0.15) is 0 Å². The minimum Gasteiger partial charge on any atom is -0.378 e. The molecule has 2 aromatic carbocycles. The molecule has 0 saturated carbocycles. The highest BCUT2D eigenvalue weighted by Crippen LogP contribution is 2.41. The second-order valence-corrected chi connectivity index (χ2v) is 9.61. The minimum atomic E-state index is -0.402. The highest BCUT2D eigenvalue weighted by molar-refractivity contribution is 5.97. The van der Waals surface area contributed by atoms with Crippen LogP contribution in [0.3, 0.4) is 0 Å². The van der Waals surface area contributed by atoms with Crippen molar-refractivity contribution in [3.05, 3.63) is 65.2 Å². The van der Waals surface area contributed by atoms with Crippen LogP contribution in [-0.4, -0.2) is 61.6 Å². The molecule has 0 bridgehead atoms. The zero-order chi connectivity index (χ0) is 22.8. The number of hydrogen-bond donors (Lipinski definition) is 1. The molecule has 3 aliphatic heterocycles. The molecule has 2 atom stereocenters. The Morgan fingerprint density at radius 3 is 2.64 bits per heavy atom. The zero-order valence-electron chi connectivity index (χ0n) is 19.4. The van der Waals surface area contributed by atoms with Gasteiger partial charge in [0.2, 0.25) is 5.91 Å². The third kappa shape index (κ3) is 4.24. The van der Waals surface area contributed by atoms with E-state index in [1.807, 2.05) is 42.2 Å². The summed E-state index contributed by atoms with van der Waals surface area (Å²) in [4.78, 5) is 30.7. The molecular weight excluding hydrogens is 414 g/mol. The van der Waals surface area contributed by atoms with E-state index in [1.54, 1.807) is 0 Å². The molecule has 3 aliphatic rings. The lowest BCUT2D eigenvalue weighted by Crippen LogP contribution is -2.52. The number of hydrogen-bond acceptors (Lipinski definition) is 4. The first-order valence-electron chi connectivity index (χ1n) is 12.1. The number of nitrogens with one attached hydrogen (secondary N) is 1. The summed E-state index contributed by atoms with van der Waals surface area (Å²) in [5.41, 5.74) is 3.67. The number of ether oxygens (including phenoxy) is 1. The zero-order valence-corrected chi connectivity index (χ0v) is 19.4. The molecule has 6 heteroatoms. The van der Waals surface area contributed by atoms with E-state index in [0.29, 0.717) is 32.7 Å². The molecular formula is C27H33N3O3. The first kappa shape index (κ1) is 22.0. The van der Waals surface area contributed by atoms with Gasteiger partial charge >= 0.3 is 0 Å². The van der Waals surface area contributed by atoms with Crippen LogP contribution in [0.1, 0.15) is 53.1 Å². The number of anilines is 1. The van der Waals surface area contributed by atoms with E-state index in [2.05, 4.69) is 28.4 Å². The van der Waals surface area contributed by atoms with Gasteiger partial charge in [0.15, 0.2) is 0 Å². The van der Waals surface area contributed by atoms with Crippen molar-refractivity contribution in [2.75, 3.05) is 44.3 Å². The number of amides is 2. The number of rotatable bonds is 3. The molecule has 0 radical (unpaired) electrons. The maximum absolute atomic E-state index is 13.8. The third-order valence-electron chi connectivity index (χ3n) is 7.58. The van der Waals surface area contributed by atoms with Gasteiger partial charge in [-0.15, -0.1) is 0 Å². The van der Waals surface area contributed by atoms with Crippen LogP contribution in [0.2, 0.25) is 0 Å². The average molecular weight is 448 g/mol. The lowest BCUT2D eigenvalue weighted by Gasteiger charge is -2.34. The second-order valence-electron chi connectivity index (χ2n) is 9.61. The van der Waals surface area contributed by atoms with Gasteiger partial charge < -0.3 is 19.9 Å². The van der Waals surface area contributed by atoms with Crippen LogP contribution in [0.25, 0.3) is 0 Å². The van der Waals surface area contributed by atoms with Gasteiger partial charge in [-0.3, -0.25) is 9.59 Å². The summed E-state index contributed by atoms with van der Waals surface area (Å²) in [6.45, 7) is 6.32. The molecule has 2 amide bonds. The Labute approximate surface area is 195 Å². The van der Waals surface area contributed by atoms with Crippen molar-refractivity contribution in [1.29, 1.82) is 0 Å². The number of likely N-dealkylation sites (tertiary alicyclic amines) is 1. The molecule has 0 aliphatic carbocycles. The number of benzene rings is 2. The van der Waals surface area contributed by atoms with E-state index in [4.69, 9.17) is 4.74 Å². The van der Waals surface area contributed by atoms with Crippen LogP contribution >= 0.6 is 0 Å². The summed E-state index contributed by atoms with van der Waals surface area (Å²) >= 11 is 0. The normalized spacial score (nSPS) is 25.7. The van der Waals surface area contributed by atoms with Crippen LogP contribution in [0.4, 0.5) is 5.69 Å². The van der Waals surface area contributed by atoms with Crippen molar-refractivity contribution < 1.29 is 14.3 Å². The van der Waals surface area contributed by atoms with Crippen LogP contribution in [-0.2, 0) is 9.53 Å². The number of carbonyl (C=O) groups is 2. The number of carbonyl (C=O) groups excluding carboxylic acids is 2. The standard InChI is InChI=1S/C27H33N3O3/c1-20-22(10-7-11-24(20)29-14-16-33-17-15-29)26(32)30-18-23(21-8-3-2-4-9-21)27(19-30)13-6-5-12-25(31)28-27/h2-4,7-11,23H,5-6,12-19H2,1H3,(H,28,31)/t23-,27+/m0/s1. The molecule has 33 heavy (non-hydrogen) atoms. The second kappa shape index (κ2) is 9.18. The Kier molecular flexibility index (Phi) is 6.11. The maximum atomic E-state index is 13.8. The molecule has 5 rings (SSSR count). The summed E-state index contributed by atoms with van der Waals surface area (Å²) < 4.78 is 5.51. The lowest BCUT2D eigenvalue weighted by molar-refractivity contribution is -0.122. The average Bonchev–Trinajstić information content (AvgIpc) is 3.10. The monoisotopic (exact) mass is 447 g/mol. The van der Waals surface area contributed by atoms with Crippen molar-refractivity contribution in [3.8, 4) is 0 Å². The quantitative estimate of drug-likeness (QED) is 0.782. The smallest absolute Gasteiger partial charge is 0.254 e. The van der Waals surface area contributed by atoms with Gasteiger partial charge in [-0.25, -0.2) is 0 Å². The van der Waals surface area contributed by atoms with Crippen molar-refractivity contribution >= 4 is 17.5 Å². The lowest BCUT2D eigenvalue weighted by atomic mass is 9.79. The van der Waals surface area contributed by atoms with E-state index in [0.717, 1.165) is 49.2 Å². The van der Waals surface area contributed by atoms with E-state index in [-0.39, 0.29) is 17.7 Å². The Morgan fingerprint density at radius 1 is 1.06 bits per heavy atom. The molecule has 2 aromatic rings. The molecule has 3 fully saturated rings. The SMILES string of the molecule is Cc1c(C(=O)N2C[C@@H](c3ccccc3)[C@@]3(CCCCC(=O)N3)C2)cccc1N1CCOCC1. The summed E-state index contributed by atoms with van der Waals surface area (Å²) in [5.74, 6) is 0.250. The predicted molar refractivity (Wildman–Crippen MR) is 129 cm³/mol. The van der Waals surface area contributed by atoms with Crippen molar-refractivity contribution in [2.24, 2.45) is 0 Å². The molecule has 174 valence electrons. The largest absolute Gasteiger partial charge is 0.378 e. The fourth-order valence-corrected chi connectivity index (χ4v) is 5.86. The van der Waals surface area contributed by atoms with Gasteiger partial charge in [-0.1, -0.05) is 42.8 Å². The predicted octanol–water partition coefficient (Wildman–Crippen LogP) is 3.50. The Balaban J connectivity index is 1.46. The van der Waals surface area contributed by atoms with Crippen molar-refractivity contribution in [1.82, 2.24) is 10.2 Å². The number of morpholine rings is 1. The van der Waals surface area contributed by atoms with Crippen LogP contribution < -0.4 is 10.2 Å². The molecule has 1 N–H and O–H groups in total.